The van der Waals surface area contributed by atoms with Gasteiger partial charge in [-0.3, -0.25) is 24.7 Å². The number of aromatic nitrogens is 1. The summed E-state index contributed by atoms with van der Waals surface area (Å²) in [5.41, 5.74) is 3.79. The molecule has 0 radical (unpaired) electrons. The maximum atomic E-state index is 12.8. The van der Waals surface area contributed by atoms with Crippen LogP contribution in [0.2, 0.25) is 0 Å². The Morgan fingerprint density at radius 3 is 2.19 bits per heavy atom. The summed E-state index contributed by atoms with van der Waals surface area (Å²) in [4.78, 5) is 32.5. The molecule has 1 aromatic carbocycles. The average molecular weight is 368 g/mol. The van der Waals surface area contributed by atoms with Crippen LogP contribution in [-0.2, 0) is 6.54 Å². The Morgan fingerprint density at radius 1 is 1.04 bits per heavy atom. The number of nitrogens with zero attached hydrogens (tertiary/aromatic N) is 3. The number of amides is 2. The number of hydroxylamine groups is 1. The Bertz CT molecular complexity index is 783. The van der Waals surface area contributed by atoms with Crippen molar-refractivity contribution in [3.8, 4) is 0 Å². The van der Waals surface area contributed by atoms with Crippen LogP contribution in [0, 0.1) is 0 Å². The second-order valence-corrected chi connectivity index (χ2v) is 6.98. The highest BCUT2D eigenvalue weighted by Gasteiger charge is 2.33. The van der Waals surface area contributed by atoms with Crippen LogP contribution in [0.1, 0.15) is 40.1 Å². The largest absolute Gasteiger partial charge is 0.331 e. The van der Waals surface area contributed by atoms with E-state index in [0.717, 1.165) is 25.2 Å². The number of piperazine rings is 1. The molecule has 0 saturated carbocycles. The number of rotatable bonds is 4. The molecule has 7 nitrogen and oxygen atoms in total. The first-order valence-electron chi connectivity index (χ1n) is 8.98. The molecule has 2 atom stereocenters. The molecular weight excluding hydrogens is 344 g/mol. The molecule has 2 aromatic rings. The Balaban J connectivity index is 1.65. The highest BCUT2D eigenvalue weighted by Crippen LogP contribution is 2.20. The number of hydrogen-bond donors (Lipinski definition) is 2. The minimum Gasteiger partial charge on any atom is -0.331 e. The summed E-state index contributed by atoms with van der Waals surface area (Å²) in [6, 6.07) is 10.8. The molecule has 1 aliphatic rings. The number of carbonyl (C=O) groups is 2. The smallest absolute Gasteiger partial charge is 0.274 e. The third kappa shape index (κ3) is 4.32. The van der Waals surface area contributed by atoms with Crippen molar-refractivity contribution in [2.24, 2.45) is 0 Å². The maximum Gasteiger partial charge on any atom is 0.274 e. The molecule has 1 aliphatic heterocycles. The number of carbonyl (C=O) groups excluding carboxylic acids is 2. The Morgan fingerprint density at radius 2 is 1.63 bits per heavy atom. The standard InChI is InChI=1S/C20H24N4O3/c1-14-11-23(13-16-3-5-17(6-4-16)19(25)22-27)12-15(2)24(14)20(26)18-7-9-21-10-8-18/h3-10,14-15,27H,11-13H2,1-2H3,(H,22,25). The van der Waals surface area contributed by atoms with Gasteiger partial charge < -0.3 is 4.90 Å². The minimum atomic E-state index is -0.521. The lowest BCUT2D eigenvalue weighted by Gasteiger charge is -2.44. The van der Waals surface area contributed by atoms with Crippen molar-refractivity contribution < 1.29 is 14.8 Å². The predicted molar refractivity (Wildman–Crippen MR) is 100 cm³/mol. The van der Waals surface area contributed by atoms with Gasteiger partial charge in [0.25, 0.3) is 11.8 Å². The number of nitrogens with one attached hydrogen (secondary N) is 1. The highest BCUT2D eigenvalue weighted by atomic mass is 16.5. The van der Waals surface area contributed by atoms with Crippen LogP contribution in [0.3, 0.4) is 0 Å². The van der Waals surface area contributed by atoms with Crippen molar-refractivity contribution in [3.63, 3.8) is 0 Å². The van der Waals surface area contributed by atoms with Crippen molar-refractivity contribution >= 4 is 11.8 Å². The van der Waals surface area contributed by atoms with E-state index >= 15 is 0 Å². The van der Waals surface area contributed by atoms with Gasteiger partial charge in [0.1, 0.15) is 0 Å². The van der Waals surface area contributed by atoms with E-state index in [4.69, 9.17) is 5.21 Å². The second kappa shape index (κ2) is 8.28. The third-order valence-electron chi connectivity index (χ3n) is 4.88. The molecule has 27 heavy (non-hydrogen) atoms. The zero-order valence-electron chi connectivity index (χ0n) is 15.5. The molecule has 3 rings (SSSR count). The van der Waals surface area contributed by atoms with Crippen LogP contribution in [0.25, 0.3) is 0 Å². The summed E-state index contributed by atoms with van der Waals surface area (Å²) in [6.07, 6.45) is 3.28. The van der Waals surface area contributed by atoms with Crippen LogP contribution in [-0.4, -0.2) is 57.0 Å². The number of hydrogen-bond acceptors (Lipinski definition) is 5. The lowest BCUT2D eigenvalue weighted by molar-refractivity contribution is 0.0268. The van der Waals surface area contributed by atoms with E-state index < -0.39 is 5.91 Å². The molecule has 1 saturated heterocycles. The van der Waals surface area contributed by atoms with Crippen LogP contribution >= 0.6 is 0 Å². The fourth-order valence-corrected chi connectivity index (χ4v) is 3.69. The van der Waals surface area contributed by atoms with Crippen molar-refractivity contribution in [1.29, 1.82) is 0 Å². The summed E-state index contributed by atoms with van der Waals surface area (Å²) < 4.78 is 0. The first-order chi connectivity index (χ1) is 13.0. The molecule has 2 amide bonds. The molecule has 2 unspecified atom stereocenters. The number of pyridine rings is 1. The summed E-state index contributed by atoms with van der Waals surface area (Å²) in [5, 5.41) is 8.69. The van der Waals surface area contributed by atoms with Gasteiger partial charge in [-0.05, 0) is 43.7 Å². The molecule has 7 heteroatoms. The molecule has 0 spiro atoms. The molecule has 0 aliphatic carbocycles. The van der Waals surface area contributed by atoms with Crippen molar-refractivity contribution in [2.75, 3.05) is 13.1 Å². The van der Waals surface area contributed by atoms with E-state index in [0.29, 0.717) is 11.1 Å². The predicted octanol–water partition coefficient (Wildman–Crippen LogP) is 1.94. The molecule has 1 fully saturated rings. The van der Waals surface area contributed by atoms with Gasteiger partial charge in [-0.1, -0.05) is 12.1 Å². The van der Waals surface area contributed by atoms with Gasteiger partial charge in [0, 0.05) is 55.2 Å². The molecule has 142 valence electrons. The van der Waals surface area contributed by atoms with Gasteiger partial charge in [0.2, 0.25) is 0 Å². The van der Waals surface area contributed by atoms with Crippen LogP contribution < -0.4 is 5.48 Å². The Hall–Kier alpha value is -2.77. The van der Waals surface area contributed by atoms with Gasteiger partial charge in [-0.2, -0.15) is 0 Å². The van der Waals surface area contributed by atoms with Crippen LogP contribution in [0.4, 0.5) is 0 Å². The Kier molecular flexibility index (Phi) is 5.83. The first-order valence-corrected chi connectivity index (χ1v) is 8.98. The summed E-state index contributed by atoms with van der Waals surface area (Å²) in [6.45, 7) is 6.43. The fraction of sp³-hybridized carbons (Fsp3) is 0.350. The van der Waals surface area contributed by atoms with E-state index in [2.05, 4.69) is 23.7 Å². The summed E-state index contributed by atoms with van der Waals surface area (Å²) in [5.74, 6) is -0.483. The average Bonchev–Trinajstić information content (AvgIpc) is 2.68. The van der Waals surface area contributed by atoms with Crippen molar-refractivity contribution in [2.45, 2.75) is 32.5 Å². The molecular formula is C20H24N4O3. The van der Waals surface area contributed by atoms with Gasteiger partial charge in [0.05, 0.1) is 0 Å². The van der Waals surface area contributed by atoms with E-state index in [1.165, 1.54) is 0 Å². The van der Waals surface area contributed by atoms with Crippen molar-refractivity contribution in [3.05, 3.63) is 65.5 Å². The zero-order chi connectivity index (χ0) is 19.4. The quantitative estimate of drug-likeness (QED) is 0.636. The van der Waals surface area contributed by atoms with E-state index in [9.17, 15) is 9.59 Å². The SMILES string of the molecule is CC1CN(Cc2ccc(C(=O)NO)cc2)CC(C)N1C(=O)c1ccncc1. The molecule has 1 aromatic heterocycles. The molecule has 2 N–H and O–H groups in total. The van der Waals surface area contributed by atoms with Gasteiger partial charge in [-0.25, -0.2) is 5.48 Å². The summed E-state index contributed by atoms with van der Waals surface area (Å²) >= 11 is 0. The monoisotopic (exact) mass is 368 g/mol. The lowest BCUT2D eigenvalue weighted by atomic mass is 10.0. The topological polar surface area (TPSA) is 85.8 Å². The highest BCUT2D eigenvalue weighted by molar-refractivity contribution is 5.94. The number of benzene rings is 1. The van der Waals surface area contributed by atoms with Crippen molar-refractivity contribution in [1.82, 2.24) is 20.3 Å². The molecule has 2 heterocycles. The summed E-state index contributed by atoms with van der Waals surface area (Å²) in [7, 11) is 0. The van der Waals surface area contributed by atoms with E-state index in [-0.39, 0.29) is 18.0 Å². The van der Waals surface area contributed by atoms with Crippen LogP contribution in [0.15, 0.2) is 48.8 Å². The maximum absolute atomic E-state index is 12.8. The van der Waals surface area contributed by atoms with Gasteiger partial charge in [0.15, 0.2) is 0 Å². The van der Waals surface area contributed by atoms with Crippen LogP contribution in [0.5, 0.6) is 0 Å². The third-order valence-corrected chi connectivity index (χ3v) is 4.88. The van der Waals surface area contributed by atoms with Gasteiger partial charge >= 0.3 is 0 Å². The minimum absolute atomic E-state index is 0.0384. The lowest BCUT2D eigenvalue weighted by Crippen LogP contribution is -2.58. The normalized spacial score (nSPS) is 20.3. The van der Waals surface area contributed by atoms with Gasteiger partial charge in [-0.15, -0.1) is 0 Å². The first kappa shape index (κ1) is 19.0. The second-order valence-electron chi connectivity index (χ2n) is 6.98. The fourth-order valence-electron chi connectivity index (χ4n) is 3.69. The van der Waals surface area contributed by atoms with E-state index in [1.807, 2.05) is 17.0 Å². The molecule has 0 bridgehead atoms. The zero-order valence-corrected chi connectivity index (χ0v) is 15.5. The van der Waals surface area contributed by atoms with E-state index in [1.54, 1.807) is 42.1 Å². The Labute approximate surface area is 158 Å².